The van der Waals surface area contributed by atoms with Crippen LogP contribution < -0.4 is 0 Å². The first-order valence-electron chi connectivity index (χ1n) is 0.488. The molecule has 0 N–H and O–H groups in total. The molecule has 0 amide bonds. The fraction of sp³-hybridized carbons (Fsp3) is 0. The normalized spacial score (nSPS) is 8.50. The molecule has 0 saturated carbocycles. The Balaban J connectivity index is 3.51. The summed E-state index contributed by atoms with van der Waals surface area (Å²) in [6.07, 6.45) is 0. The van der Waals surface area contributed by atoms with Crippen molar-refractivity contribution in [1.82, 2.24) is 0 Å². The Morgan fingerprint density at radius 3 is 2.00 bits per heavy atom. The van der Waals surface area contributed by atoms with Crippen molar-refractivity contribution >= 4 is 20.9 Å². The van der Waals surface area contributed by atoms with Gasteiger partial charge in [-0.1, -0.05) is 0 Å². The Bertz CT molecular complexity index is 54.4. The lowest BCUT2D eigenvalue weighted by molar-refractivity contribution is 0.583. The van der Waals surface area contributed by atoms with Gasteiger partial charge in [0.05, 0.1) is 0 Å². The highest BCUT2D eigenvalue weighted by Crippen LogP contribution is 1.53. The van der Waals surface area contributed by atoms with Gasteiger partial charge >= 0.3 is 0 Å². The molecule has 0 aliphatic rings. The van der Waals surface area contributed by atoms with Gasteiger partial charge < -0.3 is 8.09 Å². The molecule has 4 heavy (non-hydrogen) atoms. The third-order valence-corrected chi connectivity index (χ3v) is 0. The summed E-state index contributed by atoms with van der Waals surface area (Å²) in [6.45, 7) is 0. The minimum atomic E-state index is -2.53. The minimum absolute atomic E-state index is 2.53. The van der Waals surface area contributed by atoms with Crippen LogP contribution in [-0.2, 0) is 25.1 Å². The van der Waals surface area contributed by atoms with Gasteiger partial charge in [0.25, 0.3) is 0 Å². The molecule has 0 aromatic rings. The van der Waals surface area contributed by atoms with Gasteiger partial charge in [0, 0.05) is 0 Å². The summed E-state index contributed by atoms with van der Waals surface area (Å²) >= 11 is 3.43. The highest BCUT2D eigenvalue weighted by molar-refractivity contribution is 8.18. The lowest BCUT2D eigenvalue weighted by Gasteiger charge is -1.61. The zero-order chi connectivity index (χ0) is 3.58. The lowest BCUT2D eigenvalue weighted by Crippen LogP contribution is -1.35. The number of halogens is 1. The lowest BCUT2D eigenvalue weighted by atomic mass is 16.0. The van der Waals surface area contributed by atoms with Crippen LogP contribution in [0.15, 0.2) is 0 Å². The SMILES string of the molecule is O=[S-](F)=S. The van der Waals surface area contributed by atoms with Crippen LogP contribution in [0, 0.1) is 0 Å². The highest BCUT2D eigenvalue weighted by Gasteiger charge is 1.24. The van der Waals surface area contributed by atoms with Gasteiger partial charge in [-0.15, -0.1) is 0 Å². The van der Waals surface area contributed by atoms with Gasteiger partial charge in [0.15, 0.2) is 0 Å². The Morgan fingerprint density at radius 2 is 2.00 bits per heavy atom. The molecule has 0 spiro atoms. The van der Waals surface area contributed by atoms with Crippen molar-refractivity contribution < 1.29 is 8.09 Å². The third-order valence-electron chi connectivity index (χ3n) is 0. The summed E-state index contributed by atoms with van der Waals surface area (Å²) in [5.74, 6) is 0. The van der Waals surface area contributed by atoms with E-state index in [0.29, 0.717) is 0 Å². The number of rotatable bonds is 0. The van der Waals surface area contributed by atoms with Crippen LogP contribution in [0.1, 0.15) is 0 Å². The van der Waals surface area contributed by atoms with E-state index in [1.165, 1.54) is 0 Å². The molecule has 0 aliphatic heterocycles. The van der Waals surface area contributed by atoms with Crippen molar-refractivity contribution in [1.29, 1.82) is 0 Å². The van der Waals surface area contributed by atoms with E-state index in [9.17, 15) is 3.89 Å². The number of hydrogen-bond donors (Lipinski definition) is 0. The second kappa shape index (κ2) is 1.60. The molecule has 0 bridgehead atoms. The van der Waals surface area contributed by atoms with Crippen molar-refractivity contribution in [3.63, 3.8) is 0 Å². The van der Waals surface area contributed by atoms with Crippen LogP contribution in [-0.4, -0.2) is 0 Å². The van der Waals surface area contributed by atoms with E-state index in [1.807, 2.05) is 0 Å². The minimum Gasteiger partial charge on any atom is -0.421 e. The molecule has 0 fully saturated rings. The first kappa shape index (κ1) is 4.30. The molecule has 0 aliphatic carbocycles. The fourth-order valence-electron chi connectivity index (χ4n) is 0. The second-order valence-corrected chi connectivity index (χ2v) is 1.37. The standard InChI is InChI=1S/FOS2/c1-4(2)3/q-1. The van der Waals surface area contributed by atoms with E-state index in [1.54, 1.807) is 0 Å². The van der Waals surface area contributed by atoms with Crippen LogP contribution in [0.25, 0.3) is 0 Å². The molecular weight excluding hydrogens is 99.1 g/mol. The quantitative estimate of drug-likeness (QED) is 0.321. The van der Waals surface area contributed by atoms with E-state index in [4.69, 9.17) is 4.21 Å². The van der Waals surface area contributed by atoms with Gasteiger partial charge in [-0.3, -0.25) is 0 Å². The molecule has 4 heteroatoms. The van der Waals surface area contributed by atoms with Crippen molar-refractivity contribution in [3.8, 4) is 0 Å². The first-order chi connectivity index (χ1) is 1.73. The maximum absolute atomic E-state index is 10.3. The van der Waals surface area contributed by atoms with E-state index >= 15 is 0 Å². The van der Waals surface area contributed by atoms with Crippen LogP contribution in [0.3, 0.4) is 0 Å². The highest BCUT2D eigenvalue weighted by atomic mass is 32.8. The molecule has 0 rings (SSSR count). The van der Waals surface area contributed by atoms with E-state index < -0.39 is 9.74 Å². The molecule has 0 atom stereocenters. The average Bonchev–Trinajstić information content (AvgIpc) is 0.811. The molecule has 0 unspecified atom stereocenters. The third kappa shape index (κ3) is 43.2. The summed E-state index contributed by atoms with van der Waals surface area (Å²) in [4.78, 5) is 0. The largest absolute Gasteiger partial charge is 0.421 e. The molecule has 0 radical (unpaired) electrons. The van der Waals surface area contributed by atoms with Crippen molar-refractivity contribution in [3.05, 3.63) is 0 Å². The first-order valence-corrected chi connectivity index (χ1v) is 2.46. The molecule has 26 valence electrons. The molecule has 0 heterocycles. The smallest absolute Gasteiger partial charge is 0.0483 e. The fourth-order valence-corrected chi connectivity index (χ4v) is 0. The van der Waals surface area contributed by atoms with Crippen molar-refractivity contribution in [2.24, 2.45) is 0 Å². The van der Waals surface area contributed by atoms with E-state index in [-0.39, 0.29) is 0 Å². The Labute approximate surface area is 29.8 Å². The van der Waals surface area contributed by atoms with E-state index in [2.05, 4.69) is 11.2 Å². The monoisotopic (exact) mass is 98.9 g/mol. The van der Waals surface area contributed by atoms with Gasteiger partial charge in [-0.25, -0.2) is 11.2 Å². The molecule has 1 nitrogen and oxygen atoms in total. The maximum Gasteiger partial charge on any atom is -0.0483 e. The zero-order valence-electron chi connectivity index (χ0n) is 1.60. The maximum atomic E-state index is 10.3. The van der Waals surface area contributed by atoms with Gasteiger partial charge in [-0.2, -0.15) is 0 Å². The summed E-state index contributed by atoms with van der Waals surface area (Å²) in [6, 6.07) is 0. The van der Waals surface area contributed by atoms with Crippen molar-refractivity contribution in [2.45, 2.75) is 0 Å². The van der Waals surface area contributed by atoms with Gasteiger partial charge in [0.2, 0.25) is 0 Å². The predicted molar refractivity (Wildman–Crippen MR) is 16.5 cm³/mol. The topological polar surface area (TPSA) is 17.1 Å². The van der Waals surface area contributed by atoms with Crippen LogP contribution in [0.4, 0.5) is 3.89 Å². The Morgan fingerprint density at radius 1 is 2.00 bits per heavy atom. The summed E-state index contributed by atoms with van der Waals surface area (Å²) in [5, 5.41) is 0. The zero-order valence-corrected chi connectivity index (χ0v) is 3.24. The van der Waals surface area contributed by atoms with Crippen molar-refractivity contribution in [2.75, 3.05) is 0 Å². The van der Waals surface area contributed by atoms with Crippen LogP contribution >= 0.6 is 0 Å². The summed E-state index contributed by atoms with van der Waals surface area (Å²) < 4.78 is 19.0. The predicted octanol–water partition coefficient (Wildman–Crippen LogP) is 0.297. The average molecular weight is 99.1 g/mol. The summed E-state index contributed by atoms with van der Waals surface area (Å²) in [7, 11) is -2.53. The van der Waals surface area contributed by atoms with Crippen LogP contribution in [0.5, 0.6) is 0 Å². The van der Waals surface area contributed by atoms with Gasteiger partial charge in [-0.05, 0) is 9.74 Å². The molecule has 0 saturated heterocycles. The second-order valence-electron chi connectivity index (χ2n) is 0.194. The molecule has 0 aromatic carbocycles. The number of hydrogen-bond acceptors (Lipinski definition) is 3. The van der Waals surface area contributed by atoms with Gasteiger partial charge in [0.1, 0.15) is 0 Å². The Kier molecular flexibility index (Phi) is 1.72. The Hall–Kier alpha value is 0.300. The molecular formula is FOS2-. The molecule has 0 aromatic heterocycles. The van der Waals surface area contributed by atoms with Crippen LogP contribution in [0.2, 0.25) is 0 Å². The summed E-state index contributed by atoms with van der Waals surface area (Å²) in [5.41, 5.74) is 0. The van der Waals surface area contributed by atoms with E-state index in [0.717, 1.165) is 0 Å².